The number of anilines is 2. The van der Waals surface area contributed by atoms with Crippen LogP contribution in [0.1, 0.15) is 11.1 Å². The highest BCUT2D eigenvalue weighted by atomic mass is 32.2. The zero-order valence-corrected chi connectivity index (χ0v) is 16.2. The first-order chi connectivity index (χ1) is 12.7. The number of aromatic nitrogens is 1. The Balaban J connectivity index is 1.93. The van der Waals surface area contributed by atoms with Crippen molar-refractivity contribution in [2.45, 2.75) is 13.8 Å². The summed E-state index contributed by atoms with van der Waals surface area (Å²) >= 11 is 0. The summed E-state index contributed by atoms with van der Waals surface area (Å²) in [6, 6.07) is 14.6. The van der Waals surface area contributed by atoms with Gasteiger partial charge in [-0.15, -0.1) is 0 Å². The highest BCUT2D eigenvalue weighted by Gasteiger charge is 2.23. The zero-order chi connectivity index (χ0) is 19.6. The molecule has 7 heteroatoms. The zero-order valence-electron chi connectivity index (χ0n) is 15.4. The van der Waals surface area contributed by atoms with Crippen LogP contribution in [0.25, 0.3) is 10.9 Å². The standard InChI is InChI=1S/C20H21N3O3S/c1-14-10-15(2)12-17(11-14)22-19(24)13-23(27(3,25)26)18-8-4-6-16-7-5-9-21-20(16)18/h4-12H,13H2,1-3H3,(H,22,24). The minimum atomic E-state index is -3.68. The monoisotopic (exact) mass is 383 g/mol. The van der Waals surface area contributed by atoms with Gasteiger partial charge in [0.2, 0.25) is 15.9 Å². The first-order valence-corrected chi connectivity index (χ1v) is 10.3. The van der Waals surface area contributed by atoms with Gasteiger partial charge < -0.3 is 5.32 Å². The number of hydrogen-bond acceptors (Lipinski definition) is 4. The van der Waals surface area contributed by atoms with Crippen molar-refractivity contribution < 1.29 is 13.2 Å². The number of hydrogen-bond donors (Lipinski definition) is 1. The van der Waals surface area contributed by atoms with E-state index in [4.69, 9.17) is 0 Å². The van der Waals surface area contributed by atoms with Gasteiger partial charge in [-0.25, -0.2) is 8.42 Å². The minimum absolute atomic E-state index is 0.332. The summed E-state index contributed by atoms with van der Waals surface area (Å²) in [4.78, 5) is 16.9. The number of fused-ring (bicyclic) bond motifs is 1. The number of nitrogens with one attached hydrogen (secondary N) is 1. The van der Waals surface area contributed by atoms with Crippen molar-refractivity contribution in [3.8, 4) is 0 Å². The Morgan fingerprint density at radius 1 is 1.07 bits per heavy atom. The molecule has 0 spiro atoms. The second kappa shape index (κ2) is 7.36. The van der Waals surface area contributed by atoms with E-state index in [-0.39, 0.29) is 6.54 Å². The molecule has 1 N–H and O–H groups in total. The number of benzene rings is 2. The van der Waals surface area contributed by atoms with Crippen LogP contribution in [-0.4, -0.2) is 32.1 Å². The summed E-state index contributed by atoms with van der Waals surface area (Å²) in [7, 11) is -3.68. The first-order valence-electron chi connectivity index (χ1n) is 8.43. The third-order valence-electron chi connectivity index (χ3n) is 4.07. The highest BCUT2D eigenvalue weighted by Crippen LogP contribution is 2.26. The van der Waals surface area contributed by atoms with Crippen LogP contribution < -0.4 is 9.62 Å². The second-order valence-corrected chi connectivity index (χ2v) is 8.45. The predicted octanol–water partition coefficient (Wildman–Crippen LogP) is 3.26. The maximum Gasteiger partial charge on any atom is 0.245 e. The Kier molecular flexibility index (Phi) is 5.14. The van der Waals surface area contributed by atoms with Crippen molar-refractivity contribution in [3.63, 3.8) is 0 Å². The van der Waals surface area contributed by atoms with E-state index >= 15 is 0 Å². The van der Waals surface area contributed by atoms with E-state index in [9.17, 15) is 13.2 Å². The van der Waals surface area contributed by atoms with Gasteiger partial charge in [0.15, 0.2) is 0 Å². The normalized spacial score (nSPS) is 11.4. The smallest absolute Gasteiger partial charge is 0.245 e. The fourth-order valence-electron chi connectivity index (χ4n) is 3.05. The summed E-state index contributed by atoms with van der Waals surface area (Å²) < 4.78 is 25.9. The number of para-hydroxylation sites is 1. The molecule has 0 aliphatic heterocycles. The molecule has 0 saturated heterocycles. The van der Waals surface area contributed by atoms with Crippen molar-refractivity contribution in [1.29, 1.82) is 0 Å². The lowest BCUT2D eigenvalue weighted by Crippen LogP contribution is -2.37. The fraction of sp³-hybridized carbons (Fsp3) is 0.200. The number of carbonyl (C=O) groups is 1. The van der Waals surface area contributed by atoms with Gasteiger partial charge in [-0.1, -0.05) is 24.3 Å². The molecule has 0 aliphatic rings. The predicted molar refractivity (Wildman–Crippen MR) is 108 cm³/mol. The molecular weight excluding hydrogens is 362 g/mol. The molecule has 0 fully saturated rings. The molecule has 3 rings (SSSR count). The van der Waals surface area contributed by atoms with Gasteiger partial charge in [0.1, 0.15) is 6.54 Å². The molecule has 6 nitrogen and oxygen atoms in total. The lowest BCUT2D eigenvalue weighted by molar-refractivity contribution is -0.114. The Bertz CT molecular complexity index is 1080. The Hall–Kier alpha value is -2.93. The number of pyridine rings is 1. The van der Waals surface area contributed by atoms with Crippen LogP contribution in [0.15, 0.2) is 54.7 Å². The van der Waals surface area contributed by atoms with Crippen molar-refractivity contribution >= 4 is 38.2 Å². The van der Waals surface area contributed by atoms with Crippen molar-refractivity contribution in [1.82, 2.24) is 4.98 Å². The highest BCUT2D eigenvalue weighted by molar-refractivity contribution is 7.92. The van der Waals surface area contributed by atoms with E-state index in [1.165, 1.54) is 0 Å². The van der Waals surface area contributed by atoms with Crippen LogP contribution in [0.3, 0.4) is 0 Å². The lowest BCUT2D eigenvalue weighted by Gasteiger charge is -2.23. The largest absolute Gasteiger partial charge is 0.324 e. The molecule has 140 valence electrons. The van der Waals surface area contributed by atoms with Crippen molar-refractivity contribution in [2.24, 2.45) is 0 Å². The molecule has 0 bridgehead atoms. The summed E-state index contributed by atoms with van der Waals surface area (Å²) in [6.07, 6.45) is 2.68. The Labute approximate surface area is 158 Å². The topological polar surface area (TPSA) is 79.4 Å². The minimum Gasteiger partial charge on any atom is -0.324 e. The number of rotatable bonds is 5. The maximum atomic E-state index is 12.6. The van der Waals surface area contributed by atoms with Crippen LogP contribution in [0, 0.1) is 13.8 Å². The van der Waals surface area contributed by atoms with Crippen molar-refractivity contribution in [2.75, 3.05) is 22.4 Å². The van der Waals surface area contributed by atoms with E-state index in [2.05, 4.69) is 10.3 Å². The first kappa shape index (κ1) is 18.8. The Morgan fingerprint density at radius 2 is 1.74 bits per heavy atom. The SMILES string of the molecule is Cc1cc(C)cc(NC(=O)CN(c2cccc3cccnc23)S(C)(=O)=O)c1. The fourth-order valence-corrected chi connectivity index (χ4v) is 3.90. The van der Waals surface area contributed by atoms with E-state index in [1.54, 1.807) is 24.4 Å². The molecule has 0 radical (unpaired) electrons. The molecule has 2 aromatic carbocycles. The average Bonchev–Trinajstić information content (AvgIpc) is 2.57. The van der Waals surface area contributed by atoms with Crippen LogP contribution >= 0.6 is 0 Å². The molecule has 3 aromatic rings. The number of amides is 1. The average molecular weight is 383 g/mol. The summed E-state index contributed by atoms with van der Waals surface area (Å²) in [6.45, 7) is 3.54. The maximum absolute atomic E-state index is 12.6. The van der Waals surface area contributed by atoms with Crippen molar-refractivity contribution in [3.05, 3.63) is 65.9 Å². The molecular formula is C20H21N3O3S. The molecule has 1 amide bonds. The molecule has 27 heavy (non-hydrogen) atoms. The van der Waals surface area contributed by atoms with Gasteiger partial charge in [-0.3, -0.25) is 14.1 Å². The lowest BCUT2D eigenvalue weighted by atomic mass is 10.1. The molecule has 0 aliphatic carbocycles. The van der Waals surface area contributed by atoms with Crippen LogP contribution in [0.4, 0.5) is 11.4 Å². The third-order valence-corrected chi connectivity index (χ3v) is 5.20. The van der Waals surface area contributed by atoms with Gasteiger partial charge in [0.05, 0.1) is 17.5 Å². The molecule has 1 aromatic heterocycles. The number of aryl methyl sites for hydroxylation is 2. The van der Waals surface area contributed by atoms with Gasteiger partial charge in [0.25, 0.3) is 0 Å². The van der Waals surface area contributed by atoms with Crippen LogP contribution in [0.5, 0.6) is 0 Å². The van der Waals surface area contributed by atoms with E-state index in [0.29, 0.717) is 16.9 Å². The van der Waals surface area contributed by atoms with Gasteiger partial charge in [-0.2, -0.15) is 0 Å². The second-order valence-electron chi connectivity index (χ2n) is 6.55. The molecule has 1 heterocycles. The van der Waals surface area contributed by atoms with Gasteiger partial charge >= 0.3 is 0 Å². The molecule has 0 atom stereocenters. The van der Waals surface area contributed by atoms with E-state index in [0.717, 1.165) is 27.1 Å². The number of nitrogens with zero attached hydrogens (tertiary/aromatic N) is 2. The van der Waals surface area contributed by atoms with Gasteiger partial charge in [0, 0.05) is 17.3 Å². The van der Waals surface area contributed by atoms with E-state index < -0.39 is 15.9 Å². The number of carbonyl (C=O) groups excluding carboxylic acids is 1. The molecule has 0 unspecified atom stereocenters. The van der Waals surface area contributed by atoms with E-state index in [1.807, 2.05) is 44.2 Å². The van der Waals surface area contributed by atoms with Crippen LogP contribution in [0.2, 0.25) is 0 Å². The number of sulfonamides is 1. The van der Waals surface area contributed by atoms with Crippen LogP contribution in [-0.2, 0) is 14.8 Å². The quantitative estimate of drug-likeness (QED) is 0.733. The Morgan fingerprint density at radius 3 is 2.41 bits per heavy atom. The summed E-state index contributed by atoms with van der Waals surface area (Å²) in [5.74, 6) is -0.418. The summed E-state index contributed by atoms with van der Waals surface area (Å²) in [5.41, 5.74) is 3.59. The third kappa shape index (κ3) is 4.43. The molecule has 0 saturated carbocycles. The summed E-state index contributed by atoms with van der Waals surface area (Å²) in [5, 5.41) is 3.58. The van der Waals surface area contributed by atoms with Gasteiger partial charge in [-0.05, 0) is 49.2 Å².